The average molecular weight is 745 g/mol. The first-order valence-electron chi connectivity index (χ1n) is 18.3. The Kier molecular flexibility index (Phi) is 12.9. The van der Waals surface area contributed by atoms with Crippen LogP contribution >= 0.6 is 11.3 Å². The van der Waals surface area contributed by atoms with E-state index in [2.05, 4.69) is 20.9 Å². The molecule has 1 aliphatic heterocycles. The second-order valence-electron chi connectivity index (χ2n) is 17.3. The molecule has 3 unspecified atom stereocenters. The highest BCUT2D eigenvalue weighted by molar-refractivity contribution is 7.92. The fourth-order valence-corrected chi connectivity index (χ4v) is 8.81. The van der Waals surface area contributed by atoms with Crippen molar-refractivity contribution in [3.8, 4) is 0 Å². The lowest BCUT2D eigenvalue weighted by molar-refractivity contribution is -0.133. The minimum absolute atomic E-state index is 0.0664. The predicted octanol–water partition coefficient (Wildman–Crippen LogP) is 4.85. The zero-order chi connectivity index (χ0) is 37.9. The van der Waals surface area contributed by atoms with Gasteiger partial charge in [0.05, 0.1) is 27.8 Å². The molecule has 0 bridgehead atoms. The molecule has 2 fully saturated rings. The second kappa shape index (κ2) is 16.1. The zero-order valence-electron chi connectivity index (χ0n) is 31.9. The summed E-state index contributed by atoms with van der Waals surface area (Å²) in [7, 11) is -3.86. The van der Waals surface area contributed by atoms with Gasteiger partial charge >= 0.3 is 0 Å². The number of thiophene rings is 1. The molecule has 1 saturated carbocycles. The predicted molar refractivity (Wildman–Crippen MR) is 205 cm³/mol. The van der Waals surface area contributed by atoms with Crippen molar-refractivity contribution in [2.24, 2.45) is 11.8 Å². The number of hydrogen-bond donors (Lipinski definition) is 4. The third-order valence-corrected chi connectivity index (χ3v) is 14.2. The molecule has 51 heavy (non-hydrogen) atoms. The molecule has 1 aromatic heterocycles. The minimum atomic E-state index is -3.86. The lowest BCUT2D eigenvalue weighted by Gasteiger charge is -2.47. The summed E-state index contributed by atoms with van der Waals surface area (Å²) >= 11 is 1.30. The van der Waals surface area contributed by atoms with Crippen LogP contribution in [-0.2, 0) is 31.3 Å². The Hall–Kier alpha value is -2.80. The highest BCUT2D eigenvalue weighted by Gasteiger charge is 2.46. The van der Waals surface area contributed by atoms with Crippen molar-refractivity contribution < 1.29 is 27.9 Å². The molecule has 284 valence electrons. The van der Waals surface area contributed by atoms with E-state index in [1.54, 1.807) is 6.07 Å². The lowest BCUT2D eigenvalue weighted by atomic mass is 9.72. The molecule has 2 aliphatic rings. The van der Waals surface area contributed by atoms with Crippen LogP contribution in [0.1, 0.15) is 108 Å². The lowest BCUT2D eigenvalue weighted by Crippen LogP contribution is -2.64. The van der Waals surface area contributed by atoms with E-state index in [-0.39, 0.29) is 24.3 Å². The number of nitrogens with one attached hydrogen (secondary N) is 3. The highest BCUT2D eigenvalue weighted by Crippen LogP contribution is 2.39. The number of rotatable bonds is 12. The van der Waals surface area contributed by atoms with Gasteiger partial charge in [0, 0.05) is 29.8 Å². The third kappa shape index (κ3) is 10.6. The van der Waals surface area contributed by atoms with E-state index in [9.17, 15) is 27.9 Å². The first kappa shape index (κ1) is 41.0. The van der Waals surface area contributed by atoms with Crippen LogP contribution in [0.5, 0.6) is 0 Å². The largest absolute Gasteiger partial charge is 0.390 e. The number of amides is 3. The van der Waals surface area contributed by atoms with Crippen LogP contribution in [0, 0.1) is 11.8 Å². The summed E-state index contributed by atoms with van der Waals surface area (Å²) in [5, 5.41) is 20.8. The second-order valence-corrected chi connectivity index (χ2v) is 21.0. The van der Waals surface area contributed by atoms with Crippen molar-refractivity contribution in [1.29, 1.82) is 0 Å². The highest BCUT2D eigenvalue weighted by atomic mass is 32.2. The van der Waals surface area contributed by atoms with Crippen LogP contribution in [0.15, 0.2) is 42.5 Å². The number of hydrogen-bond acceptors (Lipinski definition) is 8. The standard InChI is InChI=1S/C39H60N4O6S2/c1-37(2,3)32-20-19-31(50-32)35(46)41-33(39(7,8)51(9,48)49)36(47)40-28(21-25-15-11-10-12-16-25)30(44)24-43-23-27-18-14-13-17-26(27)22-29(43)34(45)42-38(4,5)6/h10-12,15-16,19-20,26-30,33,44H,13-14,17-18,21-24H2,1-9H3,(H,40,47)(H,41,46)(H,42,45)/t26-,27+,28?,29?,30?,33+/m0/s1. The Balaban J connectivity index is 1.63. The molecule has 12 heteroatoms. The number of nitrogens with zero attached hydrogens (tertiary/aromatic N) is 1. The van der Waals surface area contributed by atoms with Crippen molar-refractivity contribution >= 4 is 38.9 Å². The minimum Gasteiger partial charge on any atom is -0.390 e. The van der Waals surface area contributed by atoms with Gasteiger partial charge in [0.2, 0.25) is 11.8 Å². The number of likely N-dealkylation sites (tertiary alicyclic amines) is 1. The maximum atomic E-state index is 14.3. The van der Waals surface area contributed by atoms with Crippen LogP contribution in [-0.4, -0.2) is 90.0 Å². The monoisotopic (exact) mass is 744 g/mol. The number of aliphatic hydroxyl groups is 1. The molecule has 4 N–H and O–H groups in total. The van der Waals surface area contributed by atoms with E-state index >= 15 is 0 Å². The van der Waals surface area contributed by atoms with Gasteiger partial charge in [-0.2, -0.15) is 0 Å². The number of aliphatic hydroxyl groups excluding tert-OH is 1. The van der Waals surface area contributed by atoms with E-state index < -0.39 is 56.2 Å². The first-order chi connectivity index (χ1) is 23.6. The first-order valence-corrected chi connectivity index (χ1v) is 21.0. The summed E-state index contributed by atoms with van der Waals surface area (Å²) in [6, 6.07) is 10.3. The van der Waals surface area contributed by atoms with E-state index in [1.807, 2.05) is 77.9 Å². The van der Waals surface area contributed by atoms with E-state index in [4.69, 9.17) is 0 Å². The SMILES string of the molecule is CC(C)(C)NC(=O)C1C[C@@H]2CCCC[C@@H]2CN1CC(O)C(Cc1ccccc1)NC(=O)[C@@H](NC(=O)c1ccc(C(C)(C)C)s1)C(C)(C)S(C)(=O)=O. The van der Waals surface area contributed by atoms with Gasteiger partial charge in [-0.05, 0) is 88.8 Å². The van der Waals surface area contributed by atoms with Gasteiger partial charge < -0.3 is 21.1 Å². The summed E-state index contributed by atoms with van der Waals surface area (Å²) in [4.78, 5) is 45.0. The smallest absolute Gasteiger partial charge is 0.262 e. The molecule has 1 aliphatic carbocycles. The summed E-state index contributed by atoms with van der Waals surface area (Å²) in [6.07, 6.45) is 5.40. The van der Waals surface area contributed by atoms with Crippen molar-refractivity contribution in [2.75, 3.05) is 19.3 Å². The van der Waals surface area contributed by atoms with Gasteiger partial charge in [-0.25, -0.2) is 8.42 Å². The van der Waals surface area contributed by atoms with E-state index in [0.717, 1.165) is 42.4 Å². The van der Waals surface area contributed by atoms with Gasteiger partial charge in [0.1, 0.15) is 6.04 Å². The molecule has 4 rings (SSSR count). The van der Waals surface area contributed by atoms with Gasteiger partial charge in [-0.1, -0.05) is 70.4 Å². The third-order valence-electron chi connectivity index (χ3n) is 10.6. The van der Waals surface area contributed by atoms with Gasteiger partial charge in [0.25, 0.3) is 5.91 Å². The topological polar surface area (TPSA) is 145 Å². The van der Waals surface area contributed by atoms with Crippen LogP contribution in [0.3, 0.4) is 0 Å². The Morgan fingerprint density at radius 1 is 0.922 bits per heavy atom. The molecule has 6 atom stereocenters. The number of carbonyl (C=O) groups excluding carboxylic acids is 3. The summed E-state index contributed by atoms with van der Waals surface area (Å²) < 4.78 is 24.6. The quantitative estimate of drug-likeness (QED) is 0.243. The van der Waals surface area contributed by atoms with Crippen molar-refractivity contribution in [1.82, 2.24) is 20.9 Å². The Labute approximate surface area is 309 Å². The Bertz CT molecular complexity index is 1630. The van der Waals surface area contributed by atoms with Crippen molar-refractivity contribution in [3.05, 3.63) is 57.8 Å². The van der Waals surface area contributed by atoms with E-state index in [1.165, 1.54) is 25.2 Å². The van der Waals surface area contributed by atoms with Gasteiger partial charge in [-0.15, -0.1) is 11.3 Å². The summed E-state index contributed by atoms with van der Waals surface area (Å²) in [6.45, 7) is 15.7. The molecular formula is C39H60N4O6S2. The molecule has 1 aromatic carbocycles. The number of benzene rings is 1. The van der Waals surface area contributed by atoms with Crippen LogP contribution in [0.25, 0.3) is 0 Å². The van der Waals surface area contributed by atoms with Crippen LogP contribution in [0.4, 0.5) is 0 Å². The van der Waals surface area contributed by atoms with Gasteiger partial charge in [0.15, 0.2) is 9.84 Å². The summed E-state index contributed by atoms with van der Waals surface area (Å²) in [5.74, 6) is -0.440. The normalized spacial score (nSPS) is 22.3. The van der Waals surface area contributed by atoms with Crippen molar-refractivity contribution in [3.63, 3.8) is 0 Å². The Morgan fingerprint density at radius 2 is 1.55 bits per heavy atom. The maximum absolute atomic E-state index is 14.3. The molecule has 2 aromatic rings. The maximum Gasteiger partial charge on any atom is 0.262 e. The molecule has 0 radical (unpaired) electrons. The number of β-amino-alcohol motifs (C(OH)–C–C–N with tert-alkyl or cyclic N) is 1. The fraction of sp³-hybridized carbons (Fsp3) is 0.667. The molecule has 0 spiro atoms. The average Bonchev–Trinajstić information content (AvgIpc) is 3.53. The van der Waals surface area contributed by atoms with Crippen LogP contribution in [0.2, 0.25) is 0 Å². The number of carbonyl (C=O) groups is 3. The fourth-order valence-electron chi connectivity index (χ4n) is 7.25. The van der Waals surface area contributed by atoms with Gasteiger partial charge in [-0.3, -0.25) is 19.3 Å². The molecular weight excluding hydrogens is 685 g/mol. The molecule has 1 saturated heterocycles. The van der Waals surface area contributed by atoms with E-state index in [0.29, 0.717) is 29.7 Å². The zero-order valence-corrected chi connectivity index (χ0v) is 33.5. The molecule has 2 heterocycles. The number of piperidine rings is 1. The molecule has 3 amide bonds. The Morgan fingerprint density at radius 3 is 2.12 bits per heavy atom. The number of fused-ring (bicyclic) bond motifs is 1. The van der Waals surface area contributed by atoms with Crippen LogP contribution < -0.4 is 16.0 Å². The number of sulfone groups is 1. The van der Waals surface area contributed by atoms with Crippen molar-refractivity contribution in [2.45, 2.75) is 134 Å². The molecule has 10 nitrogen and oxygen atoms in total. The summed E-state index contributed by atoms with van der Waals surface area (Å²) in [5.41, 5.74) is 0.259.